The molecule has 3 N–H and O–H groups in total. The molecule has 6 nitrogen and oxygen atoms in total. The second-order valence-corrected chi connectivity index (χ2v) is 4.97. The summed E-state index contributed by atoms with van der Waals surface area (Å²) in [4.78, 5) is 4.29. The number of aromatic nitrogens is 2. The Morgan fingerprint density at radius 2 is 2.29 bits per heavy atom. The van der Waals surface area contributed by atoms with E-state index in [-0.39, 0.29) is 12.0 Å². The van der Waals surface area contributed by atoms with E-state index < -0.39 is 12.1 Å². The minimum Gasteiger partial charge on any atom is -0.391 e. The van der Waals surface area contributed by atoms with Gasteiger partial charge < -0.3 is 20.1 Å². The summed E-state index contributed by atoms with van der Waals surface area (Å²) < 4.78 is 10.9. The number of aliphatic hydroxyl groups is 1. The van der Waals surface area contributed by atoms with Gasteiger partial charge in [-0.05, 0) is 26.2 Å². The number of hydrogen-bond acceptors (Lipinski definition) is 6. The molecule has 3 heterocycles. The van der Waals surface area contributed by atoms with Crippen molar-refractivity contribution in [3.8, 4) is 0 Å². The molecule has 5 atom stereocenters. The van der Waals surface area contributed by atoms with E-state index in [0.717, 1.165) is 19.3 Å². The zero-order valence-corrected chi connectivity index (χ0v) is 9.74. The third-order valence-electron chi connectivity index (χ3n) is 3.70. The molecular weight excluding hydrogens is 222 g/mol. The normalized spacial score (nSPS) is 35.1. The van der Waals surface area contributed by atoms with Gasteiger partial charge in [0, 0.05) is 0 Å². The van der Waals surface area contributed by atoms with Gasteiger partial charge in [0.25, 0.3) is 0 Å². The molecule has 0 aliphatic carbocycles. The first-order valence-corrected chi connectivity index (χ1v) is 6.07. The molecule has 94 valence electrons. The van der Waals surface area contributed by atoms with Crippen LogP contribution in [0.15, 0.2) is 4.52 Å². The van der Waals surface area contributed by atoms with Crippen LogP contribution in [0, 0.1) is 0 Å². The van der Waals surface area contributed by atoms with Crippen LogP contribution in [0.3, 0.4) is 0 Å². The van der Waals surface area contributed by atoms with Gasteiger partial charge in [-0.15, -0.1) is 0 Å². The van der Waals surface area contributed by atoms with Crippen molar-refractivity contribution in [3.05, 3.63) is 11.7 Å². The number of fused-ring (bicyclic) bond motifs is 2. The second-order valence-electron chi connectivity index (χ2n) is 4.97. The van der Waals surface area contributed by atoms with Crippen molar-refractivity contribution in [2.24, 2.45) is 5.73 Å². The van der Waals surface area contributed by atoms with E-state index in [2.05, 4.69) is 10.1 Å². The lowest BCUT2D eigenvalue weighted by atomic mass is 9.89. The van der Waals surface area contributed by atoms with Crippen molar-refractivity contribution in [1.82, 2.24) is 10.1 Å². The van der Waals surface area contributed by atoms with Gasteiger partial charge in [-0.25, -0.2) is 0 Å². The molecule has 0 radical (unpaired) electrons. The topological polar surface area (TPSA) is 94.4 Å². The number of nitrogens with two attached hydrogens (primary N) is 1. The van der Waals surface area contributed by atoms with Crippen LogP contribution >= 0.6 is 0 Å². The zero-order chi connectivity index (χ0) is 12.0. The van der Waals surface area contributed by atoms with Crippen molar-refractivity contribution in [3.63, 3.8) is 0 Å². The molecule has 0 saturated carbocycles. The van der Waals surface area contributed by atoms with Gasteiger partial charge in [-0.1, -0.05) is 5.16 Å². The fourth-order valence-corrected chi connectivity index (χ4v) is 2.65. The van der Waals surface area contributed by atoms with Crippen LogP contribution < -0.4 is 5.73 Å². The Bertz CT molecular complexity index is 406. The predicted molar refractivity (Wildman–Crippen MR) is 58.2 cm³/mol. The van der Waals surface area contributed by atoms with Gasteiger partial charge in [0.1, 0.15) is 6.04 Å². The molecule has 2 fully saturated rings. The maximum Gasteiger partial charge on any atom is 0.246 e. The maximum atomic E-state index is 9.38. The summed E-state index contributed by atoms with van der Waals surface area (Å²) in [5, 5.41) is 13.3. The number of nitrogens with zero attached hydrogens (tertiary/aromatic N) is 2. The number of ether oxygens (including phenoxy) is 1. The van der Waals surface area contributed by atoms with E-state index >= 15 is 0 Å². The summed E-state index contributed by atoms with van der Waals surface area (Å²) in [7, 11) is 0. The molecule has 0 amide bonds. The van der Waals surface area contributed by atoms with Gasteiger partial charge in [0.2, 0.25) is 5.89 Å². The average Bonchev–Trinajstić information content (AvgIpc) is 3.02. The summed E-state index contributed by atoms with van der Waals surface area (Å²) in [6.07, 6.45) is 3.07. The van der Waals surface area contributed by atoms with Crippen LogP contribution in [0.25, 0.3) is 0 Å². The first kappa shape index (κ1) is 11.1. The summed E-state index contributed by atoms with van der Waals surface area (Å²) in [6.45, 7) is 1.61. The van der Waals surface area contributed by atoms with E-state index in [4.69, 9.17) is 15.0 Å². The summed E-state index contributed by atoms with van der Waals surface area (Å²) in [5.41, 5.74) is 5.75. The molecule has 2 aliphatic heterocycles. The Hall–Kier alpha value is -0.980. The molecule has 17 heavy (non-hydrogen) atoms. The maximum absolute atomic E-state index is 9.38. The van der Waals surface area contributed by atoms with Gasteiger partial charge in [-0.2, -0.15) is 4.98 Å². The highest BCUT2D eigenvalue weighted by Crippen LogP contribution is 2.43. The highest BCUT2D eigenvalue weighted by Gasteiger charge is 2.43. The molecule has 2 aliphatic rings. The van der Waals surface area contributed by atoms with Crippen molar-refractivity contribution >= 4 is 0 Å². The van der Waals surface area contributed by atoms with Crippen molar-refractivity contribution < 1.29 is 14.4 Å². The summed E-state index contributed by atoms with van der Waals surface area (Å²) in [6, 6.07) is -0.615. The monoisotopic (exact) mass is 239 g/mol. The largest absolute Gasteiger partial charge is 0.391 e. The Balaban J connectivity index is 1.77. The lowest BCUT2D eigenvalue weighted by molar-refractivity contribution is 0.0996. The van der Waals surface area contributed by atoms with Crippen LogP contribution in [-0.2, 0) is 4.74 Å². The molecule has 0 aromatic carbocycles. The third-order valence-corrected chi connectivity index (χ3v) is 3.70. The van der Waals surface area contributed by atoms with E-state index in [0.29, 0.717) is 17.8 Å². The van der Waals surface area contributed by atoms with Crippen LogP contribution in [0.4, 0.5) is 0 Å². The van der Waals surface area contributed by atoms with Gasteiger partial charge in [-0.3, -0.25) is 0 Å². The fourth-order valence-electron chi connectivity index (χ4n) is 2.65. The first-order valence-electron chi connectivity index (χ1n) is 6.07. The highest BCUT2D eigenvalue weighted by molar-refractivity contribution is 5.07. The minimum absolute atomic E-state index is 0.229. The van der Waals surface area contributed by atoms with Gasteiger partial charge in [0.05, 0.1) is 24.2 Å². The quantitative estimate of drug-likeness (QED) is 0.797. The predicted octanol–water partition coefficient (Wildman–Crippen LogP) is 0.485. The third kappa shape index (κ3) is 1.86. The SMILES string of the molecule is CC(O)C(N)c1nc(C2CC3CCC2O3)no1. The first-order chi connectivity index (χ1) is 8.15. The van der Waals surface area contributed by atoms with Crippen LogP contribution in [0.5, 0.6) is 0 Å². The lowest BCUT2D eigenvalue weighted by Gasteiger charge is -2.14. The lowest BCUT2D eigenvalue weighted by Crippen LogP contribution is -2.23. The molecular formula is C11H17N3O3. The van der Waals surface area contributed by atoms with Gasteiger partial charge in [0.15, 0.2) is 5.82 Å². The van der Waals surface area contributed by atoms with Crippen molar-refractivity contribution in [1.29, 1.82) is 0 Å². The molecule has 1 aromatic rings. The summed E-state index contributed by atoms with van der Waals surface area (Å²) in [5.74, 6) is 1.20. The van der Waals surface area contributed by atoms with E-state index in [9.17, 15) is 5.11 Å². The molecule has 0 spiro atoms. The molecule has 1 aromatic heterocycles. The van der Waals surface area contributed by atoms with Crippen molar-refractivity contribution in [2.75, 3.05) is 0 Å². The highest BCUT2D eigenvalue weighted by atomic mass is 16.5. The number of hydrogen-bond donors (Lipinski definition) is 2. The van der Waals surface area contributed by atoms with Crippen LogP contribution in [0.2, 0.25) is 0 Å². The Morgan fingerprint density at radius 3 is 2.88 bits per heavy atom. The smallest absolute Gasteiger partial charge is 0.246 e. The van der Waals surface area contributed by atoms with Crippen LogP contribution in [-0.4, -0.2) is 33.6 Å². The molecule has 3 rings (SSSR count). The van der Waals surface area contributed by atoms with E-state index in [1.54, 1.807) is 6.92 Å². The molecule has 5 unspecified atom stereocenters. The number of rotatable bonds is 3. The van der Waals surface area contributed by atoms with Crippen LogP contribution in [0.1, 0.15) is 49.9 Å². The average molecular weight is 239 g/mol. The standard InChI is InChI=1S/C11H17N3O3/c1-5(15)9(12)11-13-10(14-17-11)7-4-6-2-3-8(7)16-6/h5-9,15H,2-4,12H2,1H3. The fraction of sp³-hybridized carbons (Fsp3) is 0.818. The Morgan fingerprint density at radius 1 is 1.47 bits per heavy atom. The Kier molecular flexibility index (Phi) is 2.65. The molecule has 2 saturated heterocycles. The Labute approximate surface area is 99.1 Å². The second kappa shape index (κ2) is 4.04. The van der Waals surface area contributed by atoms with E-state index in [1.165, 1.54) is 0 Å². The summed E-state index contributed by atoms with van der Waals surface area (Å²) >= 11 is 0. The van der Waals surface area contributed by atoms with Gasteiger partial charge >= 0.3 is 0 Å². The van der Waals surface area contributed by atoms with Crippen molar-refractivity contribution in [2.45, 2.75) is 56.5 Å². The minimum atomic E-state index is -0.695. The molecule has 2 bridgehead atoms. The molecule has 6 heteroatoms. The number of aliphatic hydroxyl groups excluding tert-OH is 1. The zero-order valence-electron chi connectivity index (χ0n) is 9.74. The van der Waals surface area contributed by atoms with E-state index in [1.807, 2.05) is 0 Å².